The van der Waals surface area contributed by atoms with Gasteiger partial charge in [-0.3, -0.25) is 28.8 Å². The van der Waals surface area contributed by atoms with E-state index >= 15 is 0 Å². The second kappa shape index (κ2) is 14.4. The molecular weight excluding hydrogens is 709 g/mol. The minimum Gasteiger partial charge on any atom is -0.449 e. The number of nitrogens with one attached hydrogen (secondary N) is 1. The number of carbonyl (C=O) groups is 7. The van der Waals surface area contributed by atoms with E-state index in [-0.39, 0.29) is 84.7 Å². The molecule has 2 aliphatic heterocycles. The Kier molecular flexibility index (Phi) is 10.3. The minimum atomic E-state index is -5.06. The maximum absolute atomic E-state index is 14.2. The van der Waals surface area contributed by atoms with E-state index in [0.717, 1.165) is 6.92 Å². The van der Waals surface area contributed by atoms with E-state index < -0.39 is 77.8 Å². The summed E-state index contributed by atoms with van der Waals surface area (Å²) in [7, 11) is 0. The van der Waals surface area contributed by atoms with Crippen LogP contribution in [0.4, 0.5) is 13.2 Å². The number of hydrogen-bond acceptors (Lipinski definition) is 12. The molecule has 2 fully saturated rings. The number of carbonyl (C=O) groups excluding carboxylic acids is 7. The van der Waals surface area contributed by atoms with Gasteiger partial charge in [-0.1, -0.05) is 24.3 Å². The zero-order valence-electron chi connectivity index (χ0n) is 28.9. The zero-order valence-corrected chi connectivity index (χ0v) is 28.9. The zero-order chi connectivity index (χ0) is 38.4. The van der Waals surface area contributed by atoms with Crippen LogP contribution in [0.3, 0.4) is 0 Å². The molecule has 2 amide bonds. The van der Waals surface area contributed by atoms with E-state index in [4.69, 9.17) is 23.7 Å². The fourth-order valence-electron chi connectivity index (χ4n) is 7.16. The van der Waals surface area contributed by atoms with Gasteiger partial charge in [-0.2, -0.15) is 13.2 Å². The van der Waals surface area contributed by atoms with Crippen molar-refractivity contribution in [2.75, 3.05) is 26.2 Å². The molecule has 2 saturated heterocycles. The summed E-state index contributed by atoms with van der Waals surface area (Å²) in [6, 6.07) is 6.02. The third kappa shape index (κ3) is 6.95. The van der Waals surface area contributed by atoms with Crippen molar-refractivity contribution < 1.29 is 70.4 Å². The highest BCUT2D eigenvalue weighted by atomic mass is 19.4. The molecule has 2 aromatic carbocycles. The monoisotopic (exact) mass is 744 g/mol. The summed E-state index contributed by atoms with van der Waals surface area (Å²) in [5.41, 5.74) is -1.44. The van der Waals surface area contributed by atoms with Gasteiger partial charge in [0.1, 0.15) is 5.75 Å². The molecule has 6 rings (SSSR count). The number of likely N-dealkylation sites (N-methyl/N-ethyl adjacent to an activating group) is 1. The standard InChI is InChI=1S/C36H35F3N2O12/c1-4-41-15-24-51-30(32(41)46)31(52-24)33(47)53-35(17(2)42)11-10-19-22(14-35)29(50-18(3)43)26-25(27(44)20-8-5-6-9-21(20)28(26)45)23(19)16-49-13-7-12-40-34(48)36(37,38)39/h5-6,8-9,24,30-31H,4,7,10-16H2,1-3H3,(H,40,48)/t24-,30+,31+,35+/m0/s1. The summed E-state index contributed by atoms with van der Waals surface area (Å²) in [5, 5.41) is 1.74. The number of hydrogen-bond donors (Lipinski definition) is 1. The van der Waals surface area contributed by atoms with E-state index in [1.807, 2.05) is 0 Å². The van der Waals surface area contributed by atoms with Crippen LogP contribution in [0.2, 0.25) is 0 Å². The first-order valence-corrected chi connectivity index (χ1v) is 16.9. The van der Waals surface area contributed by atoms with E-state index in [9.17, 15) is 46.7 Å². The third-order valence-corrected chi connectivity index (χ3v) is 9.74. The summed E-state index contributed by atoms with van der Waals surface area (Å²) in [6.45, 7) is 3.63. The number of Topliss-reactive ketones (excluding diaryl/α,β-unsaturated/α-hetero) is 1. The molecule has 4 aliphatic rings. The van der Waals surface area contributed by atoms with Gasteiger partial charge < -0.3 is 33.9 Å². The predicted molar refractivity (Wildman–Crippen MR) is 172 cm³/mol. The molecule has 53 heavy (non-hydrogen) atoms. The maximum Gasteiger partial charge on any atom is 0.471 e. The van der Waals surface area contributed by atoms with Crippen LogP contribution in [0.5, 0.6) is 5.75 Å². The molecule has 0 spiro atoms. The van der Waals surface area contributed by atoms with Crippen molar-refractivity contribution >= 4 is 41.1 Å². The number of nitrogens with zero attached hydrogens (tertiary/aromatic N) is 1. The summed E-state index contributed by atoms with van der Waals surface area (Å²) in [4.78, 5) is 93.6. The number of ether oxygens (including phenoxy) is 5. The van der Waals surface area contributed by atoms with Crippen molar-refractivity contribution in [3.05, 3.63) is 63.2 Å². The van der Waals surface area contributed by atoms with Gasteiger partial charge >= 0.3 is 24.0 Å². The lowest BCUT2D eigenvalue weighted by molar-refractivity contribution is -0.178. The third-order valence-electron chi connectivity index (χ3n) is 9.74. The Hall–Kier alpha value is -5.00. The van der Waals surface area contributed by atoms with Gasteiger partial charge in [-0.15, -0.1) is 0 Å². The SMILES string of the molecule is CCN1C[C@@H]2O[C@@H](C(=O)O[C@]3(C(C)=O)CCc4c(c(OC(C)=O)c5c(c4COCCCNC(=O)C(F)(F)F)C(=O)c4ccccc4C5=O)C3)[C@@H](O2)C1=O. The molecule has 0 radical (unpaired) electrons. The summed E-state index contributed by atoms with van der Waals surface area (Å²) in [6.07, 6.45) is -9.33. The van der Waals surface area contributed by atoms with Gasteiger partial charge in [-0.25, -0.2) is 4.79 Å². The number of ketones is 3. The Morgan fingerprint density at radius 3 is 2.30 bits per heavy atom. The number of morpholine rings is 1. The predicted octanol–water partition coefficient (Wildman–Crippen LogP) is 2.30. The van der Waals surface area contributed by atoms with Gasteiger partial charge in [0, 0.05) is 55.3 Å². The van der Waals surface area contributed by atoms with Gasteiger partial charge in [0.05, 0.1) is 18.7 Å². The van der Waals surface area contributed by atoms with E-state index in [0.29, 0.717) is 12.1 Å². The second-order valence-electron chi connectivity index (χ2n) is 13.0. The van der Waals surface area contributed by atoms with Crippen molar-refractivity contribution in [2.45, 2.75) is 83.3 Å². The fourth-order valence-corrected chi connectivity index (χ4v) is 7.16. The maximum atomic E-state index is 14.2. The lowest BCUT2D eigenvalue weighted by Gasteiger charge is -2.39. The first-order valence-electron chi connectivity index (χ1n) is 16.9. The average molecular weight is 745 g/mol. The molecule has 0 aromatic heterocycles. The molecule has 2 bridgehead atoms. The molecule has 4 atom stereocenters. The van der Waals surface area contributed by atoms with E-state index in [1.54, 1.807) is 24.4 Å². The Labute approximate surface area is 300 Å². The number of esters is 2. The van der Waals surface area contributed by atoms with Crippen LogP contribution in [0.15, 0.2) is 24.3 Å². The second-order valence-corrected chi connectivity index (χ2v) is 13.0. The van der Waals surface area contributed by atoms with E-state index in [2.05, 4.69) is 0 Å². The summed E-state index contributed by atoms with van der Waals surface area (Å²) < 4.78 is 66.4. The molecule has 17 heteroatoms. The quantitative estimate of drug-likeness (QED) is 0.172. The number of benzene rings is 2. The molecule has 0 saturated carbocycles. The van der Waals surface area contributed by atoms with E-state index in [1.165, 1.54) is 24.0 Å². The van der Waals surface area contributed by atoms with Crippen LogP contribution in [0, 0.1) is 0 Å². The molecule has 14 nitrogen and oxygen atoms in total. The molecule has 2 heterocycles. The van der Waals surface area contributed by atoms with Crippen LogP contribution in [0.25, 0.3) is 0 Å². The van der Waals surface area contributed by atoms with Gasteiger partial charge in [0.25, 0.3) is 5.91 Å². The number of rotatable bonds is 11. The summed E-state index contributed by atoms with van der Waals surface area (Å²) >= 11 is 0. The lowest BCUT2D eigenvalue weighted by Crippen LogP contribution is -2.53. The van der Waals surface area contributed by atoms with Crippen LogP contribution in [-0.2, 0) is 62.4 Å². The van der Waals surface area contributed by atoms with Gasteiger partial charge in [0.2, 0.25) is 0 Å². The Bertz CT molecular complexity index is 1930. The fraction of sp³-hybridized carbons (Fsp3) is 0.472. The number of amides is 2. The normalized spacial score (nSPS) is 23.2. The Morgan fingerprint density at radius 1 is 1.00 bits per heavy atom. The van der Waals surface area contributed by atoms with Crippen molar-refractivity contribution in [1.29, 1.82) is 0 Å². The van der Waals surface area contributed by atoms with Crippen molar-refractivity contribution in [3.8, 4) is 5.75 Å². The number of fused-ring (bicyclic) bond motifs is 5. The van der Waals surface area contributed by atoms with Crippen LogP contribution in [0.1, 0.15) is 82.1 Å². The van der Waals surface area contributed by atoms with Crippen molar-refractivity contribution in [1.82, 2.24) is 10.2 Å². The number of alkyl halides is 3. The van der Waals surface area contributed by atoms with Crippen LogP contribution >= 0.6 is 0 Å². The average Bonchev–Trinajstić information content (AvgIpc) is 3.48. The first-order chi connectivity index (χ1) is 25.1. The molecule has 1 N–H and O–H groups in total. The highest BCUT2D eigenvalue weighted by molar-refractivity contribution is 6.30. The molecule has 0 unspecified atom stereocenters. The van der Waals surface area contributed by atoms with Crippen LogP contribution in [-0.4, -0.2) is 103 Å². The van der Waals surface area contributed by atoms with Gasteiger partial charge in [0.15, 0.2) is 41.4 Å². The number of halogens is 3. The molecule has 282 valence electrons. The smallest absolute Gasteiger partial charge is 0.449 e. The topological polar surface area (TPSA) is 181 Å². The molecular formula is C36H35F3N2O12. The Balaban J connectivity index is 1.37. The highest BCUT2D eigenvalue weighted by Crippen LogP contribution is 2.46. The van der Waals surface area contributed by atoms with Crippen molar-refractivity contribution in [2.24, 2.45) is 0 Å². The Morgan fingerprint density at radius 2 is 1.68 bits per heavy atom. The van der Waals surface area contributed by atoms with Crippen molar-refractivity contribution in [3.63, 3.8) is 0 Å². The van der Waals surface area contributed by atoms with Gasteiger partial charge in [-0.05, 0) is 44.2 Å². The first kappa shape index (κ1) is 37.7. The summed E-state index contributed by atoms with van der Waals surface area (Å²) in [5.74, 6) is -6.60. The molecule has 2 aliphatic carbocycles. The lowest BCUT2D eigenvalue weighted by atomic mass is 9.71. The largest absolute Gasteiger partial charge is 0.471 e. The molecule has 2 aromatic rings. The highest BCUT2D eigenvalue weighted by Gasteiger charge is 2.55. The minimum absolute atomic E-state index is 0.0287. The van der Waals surface area contributed by atoms with Crippen LogP contribution < -0.4 is 10.1 Å².